The quantitative estimate of drug-likeness (QED) is 0.660. The van der Waals surface area contributed by atoms with Gasteiger partial charge in [0.05, 0.1) is 6.21 Å². The molecule has 1 aromatic carbocycles. The van der Waals surface area contributed by atoms with Gasteiger partial charge in [-0.25, -0.2) is 5.43 Å². The third-order valence-corrected chi connectivity index (χ3v) is 3.40. The second kappa shape index (κ2) is 6.22. The standard InChI is InChI=1S/C15H17BrN4O/c1-15(2,3)13-8-12(18-19-13)14(21)20-17-9-10-4-6-11(16)7-5-10/h4-9H,1-3H3,(H,18,19)(H,20,21). The Balaban J connectivity index is 1.98. The molecule has 0 unspecified atom stereocenters. The third-order valence-electron chi connectivity index (χ3n) is 2.87. The number of hydrazone groups is 1. The maximum Gasteiger partial charge on any atom is 0.291 e. The number of amides is 1. The Bertz CT molecular complexity index is 653. The molecule has 0 aliphatic rings. The number of aromatic amines is 1. The van der Waals surface area contributed by atoms with Crippen LogP contribution in [0.4, 0.5) is 0 Å². The minimum Gasteiger partial charge on any atom is -0.281 e. The van der Waals surface area contributed by atoms with Crippen LogP contribution < -0.4 is 5.43 Å². The molecule has 2 aromatic rings. The van der Waals surface area contributed by atoms with Gasteiger partial charge < -0.3 is 0 Å². The van der Waals surface area contributed by atoms with Crippen molar-refractivity contribution in [3.8, 4) is 0 Å². The number of carbonyl (C=O) groups is 1. The first-order valence-electron chi connectivity index (χ1n) is 6.51. The summed E-state index contributed by atoms with van der Waals surface area (Å²) in [6.07, 6.45) is 1.58. The molecule has 0 saturated heterocycles. The molecule has 0 saturated carbocycles. The van der Waals surface area contributed by atoms with Crippen molar-refractivity contribution in [1.82, 2.24) is 15.6 Å². The molecule has 2 rings (SSSR count). The molecule has 0 spiro atoms. The highest BCUT2D eigenvalue weighted by Gasteiger charge is 2.18. The third kappa shape index (κ3) is 4.26. The van der Waals surface area contributed by atoms with Crippen molar-refractivity contribution in [1.29, 1.82) is 0 Å². The van der Waals surface area contributed by atoms with Gasteiger partial charge in [-0.2, -0.15) is 10.2 Å². The van der Waals surface area contributed by atoms with E-state index in [1.807, 2.05) is 45.0 Å². The molecule has 1 aromatic heterocycles. The number of hydrogen-bond donors (Lipinski definition) is 2. The second-order valence-corrected chi connectivity index (χ2v) is 6.58. The molecule has 2 N–H and O–H groups in total. The van der Waals surface area contributed by atoms with Crippen LogP contribution in [0.25, 0.3) is 0 Å². The van der Waals surface area contributed by atoms with Crippen molar-refractivity contribution in [2.24, 2.45) is 5.10 Å². The first-order valence-corrected chi connectivity index (χ1v) is 7.30. The van der Waals surface area contributed by atoms with Crippen LogP contribution in [0.2, 0.25) is 0 Å². The molecule has 0 fully saturated rings. The highest BCUT2D eigenvalue weighted by atomic mass is 79.9. The Morgan fingerprint density at radius 3 is 2.57 bits per heavy atom. The van der Waals surface area contributed by atoms with Crippen molar-refractivity contribution in [3.05, 3.63) is 51.8 Å². The van der Waals surface area contributed by atoms with Gasteiger partial charge in [-0.1, -0.05) is 48.8 Å². The summed E-state index contributed by atoms with van der Waals surface area (Å²) < 4.78 is 0.995. The van der Waals surface area contributed by atoms with E-state index in [1.165, 1.54) is 0 Å². The average molecular weight is 349 g/mol. The minimum atomic E-state index is -0.338. The number of hydrogen-bond acceptors (Lipinski definition) is 3. The zero-order valence-electron chi connectivity index (χ0n) is 12.1. The summed E-state index contributed by atoms with van der Waals surface area (Å²) in [4.78, 5) is 11.9. The summed E-state index contributed by atoms with van der Waals surface area (Å²) in [6, 6.07) is 9.35. The molecule has 0 atom stereocenters. The van der Waals surface area contributed by atoms with Gasteiger partial charge in [0.15, 0.2) is 5.69 Å². The fourth-order valence-electron chi connectivity index (χ4n) is 1.59. The summed E-state index contributed by atoms with van der Waals surface area (Å²) >= 11 is 3.36. The van der Waals surface area contributed by atoms with Crippen LogP contribution in [-0.4, -0.2) is 22.3 Å². The van der Waals surface area contributed by atoms with Crippen LogP contribution in [0.5, 0.6) is 0 Å². The minimum absolute atomic E-state index is 0.0772. The van der Waals surface area contributed by atoms with E-state index in [1.54, 1.807) is 12.3 Å². The summed E-state index contributed by atoms with van der Waals surface area (Å²) in [7, 11) is 0. The number of carbonyl (C=O) groups excluding carboxylic acids is 1. The highest BCUT2D eigenvalue weighted by molar-refractivity contribution is 9.10. The molecular weight excluding hydrogens is 332 g/mol. The second-order valence-electron chi connectivity index (χ2n) is 5.67. The zero-order valence-corrected chi connectivity index (χ0v) is 13.7. The van der Waals surface area contributed by atoms with Crippen LogP contribution in [0.15, 0.2) is 39.9 Å². The van der Waals surface area contributed by atoms with E-state index in [2.05, 4.69) is 36.7 Å². The number of aromatic nitrogens is 2. The van der Waals surface area contributed by atoms with Crippen LogP contribution in [-0.2, 0) is 5.41 Å². The predicted octanol–water partition coefficient (Wildman–Crippen LogP) is 3.23. The first kappa shape index (κ1) is 15.4. The lowest BCUT2D eigenvalue weighted by molar-refractivity contribution is 0.0950. The predicted molar refractivity (Wildman–Crippen MR) is 86.5 cm³/mol. The Kier molecular flexibility index (Phi) is 4.57. The van der Waals surface area contributed by atoms with Gasteiger partial charge in [0, 0.05) is 15.6 Å². The van der Waals surface area contributed by atoms with Crippen LogP contribution in [0, 0.1) is 0 Å². The number of H-pyrrole nitrogens is 1. The lowest BCUT2D eigenvalue weighted by Gasteiger charge is -2.14. The molecular formula is C15H17BrN4O. The molecule has 5 nitrogen and oxygen atoms in total. The number of nitrogens with one attached hydrogen (secondary N) is 2. The van der Waals surface area contributed by atoms with Gasteiger partial charge in [-0.05, 0) is 23.8 Å². The first-order chi connectivity index (χ1) is 9.86. The average Bonchev–Trinajstić information content (AvgIpc) is 2.90. The summed E-state index contributed by atoms with van der Waals surface area (Å²) in [5.74, 6) is -0.338. The van der Waals surface area contributed by atoms with Crippen LogP contribution in [0.3, 0.4) is 0 Å². The number of benzene rings is 1. The smallest absolute Gasteiger partial charge is 0.281 e. The molecule has 1 heterocycles. The maximum absolute atomic E-state index is 11.9. The van der Waals surface area contributed by atoms with Crippen molar-refractivity contribution in [3.63, 3.8) is 0 Å². The van der Waals surface area contributed by atoms with Gasteiger partial charge in [-0.15, -0.1) is 0 Å². The van der Waals surface area contributed by atoms with Gasteiger partial charge in [0.2, 0.25) is 0 Å². The summed E-state index contributed by atoms with van der Waals surface area (Å²) in [5, 5.41) is 10.8. The van der Waals surface area contributed by atoms with E-state index < -0.39 is 0 Å². The zero-order chi connectivity index (χ0) is 15.5. The fraction of sp³-hybridized carbons (Fsp3) is 0.267. The lowest BCUT2D eigenvalue weighted by Crippen LogP contribution is -2.18. The maximum atomic E-state index is 11.9. The molecule has 21 heavy (non-hydrogen) atoms. The molecule has 0 radical (unpaired) electrons. The van der Waals surface area contributed by atoms with Crippen molar-refractivity contribution in [2.75, 3.05) is 0 Å². The summed E-state index contributed by atoms with van der Waals surface area (Å²) in [6.45, 7) is 6.15. The fourth-order valence-corrected chi connectivity index (χ4v) is 1.86. The largest absolute Gasteiger partial charge is 0.291 e. The van der Waals surface area contributed by atoms with E-state index in [0.717, 1.165) is 15.7 Å². The Morgan fingerprint density at radius 2 is 2.00 bits per heavy atom. The van der Waals surface area contributed by atoms with Gasteiger partial charge in [0.1, 0.15) is 0 Å². The molecule has 0 aliphatic heterocycles. The van der Waals surface area contributed by atoms with E-state index in [-0.39, 0.29) is 11.3 Å². The van der Waals surface area contributed by atoms with E-state index in [0.29, 0.717) is 5.69 Å². The van der Waals surface area contributed by atoms with Crippen molar-refractivity contribution < 1.29 is 4.79 Å². The molecule has 0 bridgehead atoms. The normalized spacial score (nSPS) is 11.8. The lowest BCUT2D eigenvalue weighted by atomic mass is 9.92. The monoisotopic (exact) mass is 348 g/mol. The number of rotatable bonds is 3. The van der Waals surface area contributed by atoms with Crippen LogP contribution >= 0.6 is 15.9 Å². The van der Waals surface area contributed by atoms with Gasteiger partial charge >= 0.3 is 0 Å². The molecule has 6 heteroatoms. The number of nitrogens with zero attached hydrogens (tertiary/aromatic N) is 2. The SMILES string of the molecule is CC(C)(C)c1cc(C(=O)NN=Cc2ccc(Br)cc2)n[nH]1. The van der Waals surface area contributed by atoms with Crippen molar-refractivity contribution >= 4 is 28.1 Å². The van der Waals surface area contributed by atoms with Crippen LogP contribution in [0.1, 0.15) is 42.5 Å². The highest BCUT2D eigenvalue weighted by Crippen LogP contribution is 2.20. The van der Waals surface area contributed by atoms with E-state index >= 15 is 0 Å². The number of halogens is 1. The molecule has 110 valence electrons. The molecule has 0 aliphatic carbocycles. The Hall–Kier alpha value is -1.95. The van der Waals surface area contributed by atoms with E-state index in [4.69, 9.17) is 0 Å². The summed E-state index contributed by atoms with van der Waals surface area (Å²) in [5.41, 5.74) is 4.52. The van der Waals surface area contributed by atoms with Gasteiger partial charge in [0.25, 0.3) is 5.91 Å². The Labute approximate surface area is 132 Å². The Morgan fingerprint density at radius 1 is 1.33 bits per heavy atom. The van der Waals surface area contributed by atoms with Crippen molar-refractivity contribution in [2.45, 2.75) is 26.2 Å². The molecule has 1 amide bonds. The van der Waals surface area contributed by atoms with Gasteiger partial charge in [-0.3, -0.25) is 9.89 Å². The van der Waals surface area contributed by atoms with E-state index in [9.17, 15) is 4.79 Å². The topological polar surface area (TPSA) is 70.1 Å².